The van der Waals surface area contributed by atoms with Gasteiger partial charge in [0.05, 0.1) is 27.7 Å². The number of anilines is 1. The summed E-state index contributed by atoms with van der Waals surface area (Å²) in [5.41, 5.74) is 3.71. The molecule has 122 valence electrons. The predicted molar refractivity (Wildman–Crippen MR) is 97.5 cm³/mol. The zero-order chi connectivity index (χ0) is 17.3. The van der Waals surface area contributed by atoms with Gasteiger partial charge < -0.3 is 5.32 Å². The van der Waals surface area contributed by atoms with Gasteiger partial charge in [0.15, 0.2) is 0 Å². The molecule has 1 amide bonds. The molecule has 0 saturated heterocycles. The van der Waals surface area contributed by atoms with Crippen molar-refractivity contribution in [2.24, 2.45) is 0 Å². The van der Waals surface area contributed by atoms with Gasteiger partial charge in [-0.15, -0.1) is 0 Å². The molecule has 0 unspecified atom stereocenters. The lowest BCUT2D eigenvalue weighted by molar-refractivity contribution is 0.102. The van der Waals surface area contributed by atoms with Crippen LogP contribution < -0.4 is 5.32 Å². The van der Waals surface area contributed by atoms with Gasteiger partial charge in [-0.25, -0.2) is 4.68 Å². The number of hydrogen-bond acceptors (Lipinski definition) is 2. The second-order valence-electron chi connectivity index (χ2n) is 5.43. The van der Waals surface area contributed by atoms with Crippen molar-refractivity contribution in [3.8, 4) is 5.69 Å². The summed E-state index contributed by atoms with van der Waals surface area (Å²) >= 11 is 12.0. The summed E-state index contributed by atoms with van der Waals surface area (Å²) in [5, 5.41) is 8.16. The summed E-state index contributed by atoms with van der Waals surface area (Å²) in [6.45, 7) is 3.90. The molecule has 1 N–H and O–H groups in total. The van der Waals surface area contributed by atoms with Crippen LogP contribution in [0.1, 0.15) is 21.7 Å². The molecule has 1 heterocycles. The third-order valence-corrected chi connectivity index (χ3v) is 4.11. The maximum absolute atomic E-state index is 12.6. The Morgan fingerprint density at radius 1 is 1.08 bits per heavy atom. The smallest absolute Gasteiger partial charge is 0.257 e. The van der Waals surface area contributed by atoms with Crippen LogP contribution in [0, 0.1) is 13.8 Å². The van der Waals surface area contributed by atoms with Crippen molar-refractivity contribution < 1.29 is 4.79 Å². The Hall–Kier alpha value is -2.30. The molecule has 1 aromatic heterocycles. The second-order valence-corrected chi connectivity index (χ2v) is 6.28. The van der Waals surface area contributed by atoms with Gasteiger partial charge in [-0.2, -0.15) is 5.10 Å². The average molecular weight is 360 g/mol. The normalized spacial score (nSPS) is 10.7. The number of aromatic nitrogens is 2. The Morgan fingerprint density at radius 3 is 2.50 bits per heavy atom. The van der Waals surface area contributed by atoms with E-state index in [0.29, 0.717) is 21.3 Å². The van der Waals surface area contributed by atoms with Gasteiger partial charge >= 0.3 is 0 Å². The molecule has 0 saturated carbocycles. The largest absolute Gasteiger partial charge is 0.320 e. The van der Waals surface area contributed by atoms with E-state index in [1.165, 1.54) is 0 Å². The molecule has 0 radical (unpaired) electrons. The molecule has 0 atom stereocenters. The lowest BCUT2D eigenvalue weighted by atomic mass is 10.2. The van der Waals surface area contributed by atoms with Gasteiger partial charge in [-0.05, 0) is 50.2 Å². The predicted octanol–water partition coefficient (Wildman–Crippen LogP) is 5.05. The number of aryl methyl sites for hydroxylation is 2. The summed E-state index contributed by atoms with van der Waals surface area (Å²) in [4.78, 5) is 12.6. The first-order valence-electron chi connectivity index (χ1n) is 7.35. The minimum Gasteiger partial charge on any atom is -0.320 e. The zero-order valence-corrected chi connectivity index (χ0v) is 14.7. The topological polar surface area (TPSA) is 46.9 Å². The molecule has 0 aliphatic carbocycles. The van der Waals surface area contributed by atoms with Crippen molar-refractivity contribution in [3.05, 3.63) is 75.5 Å². The van der Waals surface area contributed by atoms with E-state index in [9.17, 15) is 4.79 Å². The van der Waals surface area contributed by atoms with Gasteiger partial charge in [0, 0.05) is 10.7 Å². The van der Waals surface area contributed by atoms with Crippen LogP contribution in [0.3, 0.4) is 0 Å². The van der Waals surface area contributed by atoms with Crippen LogP contribution in [0.15, 0.2) is 48.5 Å². The van der Waals surface area contributed by atoms with Crippen LogP contribution in [0.4, 0.5) is 5.69 Å². The fourth-order valence-corrected chi connectivity index (χ4v) is 2.99. The maximum Gasteiger partial charge on any atom is 0.257 e. The lowest BCUT2D eigenvalue weighted by Crippen LogP contribution is -2.15. The summed E-state index contributed by atoms with van der Waals surface area (Å²) in [6, 6.07) is 14.2. The fraction of sp³-hybridized carbons (Fsp3) is 0.111. The summed E-state index contributed by atoms with van der Waals surface area (Å²) in [6.07, 6.45) is 0. The average Bonchev–Trinajstić information content (AvgIpc) is 2.86. The Bertz CT molecular complexity index is 918. The number of nitrogens with one attached hydrogen (secondary N) is 1. The molecule has 0 aliphatic rings. The van der Waals surface area contributed by atoms with Crippen molar-refractivity contribution in [3.63, 3.8) is 0 Å². The van der Waals surface area contributed by atoms with E-state index in [1.807, 2.05) is 44.2 Å². The van der Waals surface area contributed by atoms with E-state index < -0.39 is 0 Å². The summed E-state index contributed by atoms with van der Waals surface area (Å²) < 4.78 is 1.80. The first kappa shape index (κ1) is 16.6. The van der Waals surface area contributed by atoms with Gasteiger partial charge in [-0.3, -0.25) is 4.79 Å². The van der Waals surface area contributed by atoms with Crippen LogP contribution in [-0.4, -0.2) is 15.7 Å². The lowest BCUT2D eigenvalue weighted by Gasteiger charge is -2.13. The number of carbonyl (C=O) groups is 1. The minimum absolute atomic E-state index is 0.300. The van der Waals surface area contributed by atoms with Gasteiger partial charge in [0.25, 0.3) is 5.91 Å². The molecule has 4 nitrogen and oxygen atoms in total. The Balaban J connectivity index is 1.96. The van der Waals surface area contributed by atoms with E-state index in [4.69, 9.17) is 23.2 Å². The molecule has 3 rings (SSSR count). The fourth-order valence-electron chi connectivity index (χ4n) is 2.50. The molecular formula is C18H15Cl2N3O. The number of rotatable bonds is 3. The number of carbonyl (C=O) groups excluding carboxylic acids is 1. The third kappa shape index (κ3) is 3.30. The number of halogens is 2. The van der Waals surface area contributed by atoms with Crippen LogP contribution in [0.5, 0.6) is 0 Å². The van der Waals surface area contributed by atoms with Crippen molar-refractivity contribution in [2.45, 2.75) is 13.8 Å². The molecule has 0 spiro atoms. The summed E-state index contributed by atoms with van der Waals surface area (Å²) in [7, 11) is 0. The highest BCUT2D eigenvalue weighted by Crippen LogP contribution is 2.25. The second kappa shape index (κ2) is 6.67. The molecule has 0 bridgehead atoms. The van der Waals surface area contributed by atoms with Crippen LogP contribution in [-0.2, 0) is 0 Å². The van der Waals surface area contributed by atoms with Crippen LogP contribution >= 0.6 is 23.2 Å². The maximum atomic E-state index is 12.6. The van der Waals surface area contributed by atoms with E-state index >= 15 is 0 Å². The molecular weight excluding hydrogens is 345 g/mol. The van der Waals surface area contributed by atoms with Crippen molar-refractivity contribution in [1.29, 1.82) is 0 Å². The number of benzene rings is 2. The van der Waals surface area contributed by atoms with Gasteiger partial charge in [0.2, 0.25) is 0 Å². The molecule has 0 fully saturated rings. The first-order valence-corrected chi connectivity index (χ1v) is 8.10. The van der Waals surface area contributed by atoms with Gasteiger partial charge in [0.1, 0.15) is 0 Å². The number of nitrogens with zero attached hydrogens (tertiary/aromatic N) is 2. The van der Waals surface area contributed by atoms with E-state index in [-0.39, 0.29) is 5.91 Å². The monoisotopic (exact) mass is 359 g/mol. The summed E-state index contributed by atoms with van der Waals surface area (Å²) in [5.74, 6) is -0.300. The van der Waals surface area contributed by atoms with Crippen molar-refractivity contribution in [2.75, 3.05) is 5.32 Å². The number of hydrogen-bond donors (Lipinski definition) is 1. The molecule has 0 aliphatic heterocycles. The minimum atomic E-state index is -0.300. The highest BCUT2D eigenvalue weighted by molar-refractivity contribution is 6.37. The first-order chi connectivity index (χ1) is 11.5. The Labute approximate surface area is 150 Å². The molecule has 6 heteroatoms. The van der Waals surface area contributed by atoms with E-state index in [0.717, 1.165) is 17.1 Å². The van der Waals surface area contributed by atoms with E-state index in [1.54, 1.807) is 22.9 Å². The number of amides is 1. The highest BCUT2D eigenvalue weighted by Gasteiger charge is 2.14. The van der Waals surface area contributed by atoms with Crippen molar-refractivity contribution >= 4 is 34.8 Å². The molecule has 3 aromatic rings. The van der Waals surface area contributed by atoms with Crippen LogP contribution in [0.25, 0.3) is 5.69 Å². The van der Waals surface area contributed by atoms with Crippen LogP contribution in [0.2, 0.25) is 10.0 Å². The number of para-hydroxylation sites is 2. The quantitative estimate of drug-likeness (QED) is 0.711. The highest BCUT2D eigenvalue weighted by atomic mass is 35.5. The zero-order valence-electron chi connectivity index (χ0n) is 13.2. The Morgan fingerprint density at radius 2 is 1.83 bits per heavy atom. The Kier molecular flexibility index (Phi) is 4.60. The molecule has 2 aromatic carbocycles. The third-order valence-electron chi connectivity index (χ3n) is 3.57. The SMILES string of the molecule is Cc1cc(C)n(-c2ccccc2NC(=O)c2ccc(Cl)cc2Cl)n1. The van der Waals surface area contributed by atoms with E-state index in [2.05, 4.69) is 10.4 Å². The van der Waals surface area contributed by atoms with Gasteiger partial charge in [-0.1, -0.05) is 35.3 Å². The standard InChI is InChI=1S/C18H15Cl2N3O/c1-11-9-12(2)23(22-11)17-6-4-3-5-16(17)21-18(24)14-8-7-13(19)10-15(14)20/h3-10H,1-2H3,(H,21,24). The van der Waals surface area contributed by atoms with Crippen molar-refractivity contribution in [1.82, 2.24) is 9.78 Å². The molecule has 24 heavy (non-hydrogen) atoms.